The van der Waals surface area contributed by atoms with Gasteiger partial charge in [0.25, 0.3) is 5.91 Å². The summed E-state index contributed by atoms with van der Waals surface area (Å²) >= 11 is 1.38. The van der Waals surface area contributed by atoms with Gasteiger partial charge in [-0.1, -0.05) is 12.1 Å². The molecule has 5 N–H and O–H groups in total. The second-order valence-electron chi connectivity index (χ2n) is 6.52. The lowest BCUT2D eigenvalue weighted by Crippen LogP contribution is -2.33. The van der Waals surface area contributed by atoms with E-state index < -0.39 is 0 Å². The Morgan fingerprint density at radius 3 is 2.82 bits per heavy atom. The highest BCUT2D eigenvalue weighted by atomic mass is 32.1. The van der Waals surface area contributed by atoms with Gasteiger partial charge in [-0.25, -0.2) is 0 Å². The summed E-state index contributed by atoms with van der Waals surface area (Å²) in [5.74, 6) is -0.501. The number of rotatable bonds is 4. The number of nitrogens with zero attached hydrogens (tertiary/aromatic N) is 1. The van der Waals surface area contributed by atoms with Gasteiger partial charge in [0.05, 0.1) is 39.1 Å². The number of nitrogen functional groups attached to an aromatic ring is 1. The first-order chi connectivity index (χ1) is 13.6. The summed E-state index contributed by atoms with van der Waals surface area (Å²) in [6.07, 6.45) is 3.85. The van der Waals surface area contributed by atoms with Crippen LogP contribution in [0.2, 0.25) is 0 Å². The molecule has 7 nitrogen and oxygen atoms in total. The van der Waals surface area contributed by atoms with Gasteiger partial charge in [0.15, 0.2) is 0 Å². The first-order valence-corrected chi connectivity index (χ1v) is 9.65. The number of benzene rings is 1. The number of aromatic nitrogens is 1. The zero-order chi connectivity index (χ0) is 19.5. The van der Waals surface area contributed by atoms with E-state index in [1.54, 1.807) is 36.7 Å². The number of hydrogen-bond acceptors (Lipinski definition) is 6. The average Bonchev–Trinajstić information content (AvgIpc) is 3.14. The van der Waals surface area contributed by atoms with Crippen molar-refractivity contribution in [3.63, 3.8) is 0 Å². The van der Waals surface area contributed by atoms with Crippen LogP contribution in [0.3, 0.4) is 0 Å². The van der Waals surface area contributed by atoms with Gasteiger partial charge in [-0.15, -0.1) is 11.3 Å². The molecule has 2 amide bonds. The maximum Gasteiger partial charge on any atom is 0.265 e. The quantitative estimate of drug-likeness (QED) is 0.509. The highest BCUT2D eigenvalue weighted by Gasteiger charge is 2.27. The van der Waals surface area contributed by atoms with Crippen molar-refractivity contribution in [1.82, 2.24) is 4.98 Å². The standard InChI is InChI=1S/C20H19N5O2S/c21-15-5-1-2-6-16(15)25-19(27)17-9-12-8-13(10-23-20(12)28-17)18(26)24-14-4-3-7-22-11-14/h1-7,9,11,13,23H,8,10,21H2,(H,24,26)(H,25,27). The van der Waals surface area contributed by atoms with Gasteiger partial charge in [-0.2, -0.15) is 0 Å². The van der Waals surface area contributed by atoms with Crippen molar-refractivity contribution in [3.8, 4) is 0 Å². The Kier molecular flexibility index (Phi) is 4.94. The van der Waals surface area contributed by atoms with E-state index in [9.17, 15) is 9.59 Å². The molecule has 3 heterocycles. The number of fused-ring (bicyclic) bond motifs is 1. The molecule has 1 unspecified atom stereocenters. The molecule has 1 atom stereocenters. The summed E-state index contributed by atoms with van der Waals surface area (Å²) < 4.78 is 0. The molecule has 28 heavy (non-hydrogen) atoms. The Morgan fingerprint density at radius 1 is 1.18 bits per heavy atom. The fraction of sp³-hybridized carbons (Fsp3) is 0.150. The van der Waals surface area contributed by atoms with Crippen LogP contribution in [0.4, 0.5) is 22.1 Å². The summed E-state index contributed by atoms with van der Waals surface area (Å²) in [6.45, 7) is 0.520. The highest BCUT2D eigenvalue weighted by Crippen LogP contribution is 2.34. The Morgan fingerprint density at radius 2 is 2.04 bits per heavy atom. The zero-order valence-electron chi connectivity index (χ0n) is 14.9. The first kappa shape index (κ1) is 18.0. The molecule has 3 aromatic rings. The van der Waals surface area contributed by atoms with Crippen molar-refractivity contribution in [2.45, 2.75) is 6.42 Å². The third kappa shape index (κ3) is 3.81. The predicted octanol–water partition coefficient (Wildman–Crippen LogP) is 3.20. The number of carbonyl (C=O) groups is 2. The molecule has 0 aliphatic carbocycles. The summed E-state index contributed by atoms with van der Waals surface area (Å²) in [5, 5.41) is 9.91. The number of nitrogens with one attached hydrogen (secondary N) is 3. The third-order valence-electron chi connectivity index (χ3n) is 4.52. The van der Waals surface area contributed by atoms with Gasteiger partial charge in [0, 0.05) is 12.7 Å². The van der Waals surface area contributed by atoms with E-state index >= 15 is 0 Å². The van der Waals surface area contributed by atoms with Gasteiger partial charge >= 0.3 is 0 Å². The third-order valence-corrected chi connectivity index (χ3v) is 5.65. The Labute approximate surface area is 166 Å². The monoisotopic (exact) mass is 393 g/mol. The van der Waals surface area contributed by atoms with Crippen molar-refractivity contribution in [3.05, 3.63) is 65.3 Å². The van der Waals surface area contributed by atoms with E-state index in [2.05, 4.69) is 20.9 Å². The molecule has 1 aliphatic heterocycles. The van der Waals surface area contributed by atoms with Crippen LogP contribution in [0.15, 0.2) is 54.9 Å². The number of anilines is 4. The molecule has 1 aromatic carbocycles. The molecule has 0 fully saturated rings. The van der Waals surface area contributed by atoms with Crippen molar-refractivity contribution in [2.75, 3.05) is 28.2 Å². The molecule has 8 heteroatoms. The fourth-order valence-corrected chi connectivity index (χ4v) is 4.05. The van der Waals surface area contributed by atoms with Crippen molar-refractivity contribution < 1.29 is 9.59 Å². The smallest absolute Gasteiger partial charge is 0.265 e. The van der Waals surface area contributed by atoms with Crippen LogP contribution in [0, 0.1) is 5.92 Å². The molecule has 1 aliphatic rings. The summed E-state index contributed by atoms with van der Waals surface area (Å²) in [6, 6.07) is 12.5. The zero-order valence-corrected chi connectivity index (χ0v) is 15.8. The van der Waals surface area contributed by atoms with E-state index in [0.717, 1.165) is 10.6 Å². The summed E-state index contributed by atoms with van der Waals surface area (Å²) in [4.78, 5) is 29.7. The van der Waals surface area contributed by atoms with Crippen molar-refractivity contribution in [1.29, 1.82) is 0 Å². The Bertz CT molecular complexity index is 1020. The topological polar surface area (TPSA) is 109 Å². The molecule has 0 spiro atoms. The molecular formula is C20H19N5O2S. The van der Waals surface area contributed by atoms with Gasteiger partial charge < -0.3 is 21.7 Å². The van der Waals surface area contributed by atoms with E-state index in [4.69, 9.17) is 5.73 Å². The highest BCUT2D eigenvalue weighted by molar-refractivity contribution is 7.18. The predicted molar refractivity (Wildman–Crippen MR) is 112 cm³/mol. The van der Waals surface area contributed by atoms with Crippen LogP contribution in [-0.4, -0.2) is 23.3 Å². The number of nitrogens with two attached hydrogens (primary N) is 1. The number of thiophene rings is 1. The minimum atomic E-state index is -0.219. The normalized spacial score (nSPS) is 15.2. The maximum atomic E-state index is 12.6. The average molecular weight is 393 g/mol. The number of para-hydroxylation sites is 2. The van der Waals surface area contributed by atoms with Gasteiger partial charge in [0.1, 0.15) is 0 Å². The molecule has 0 radical (unpaired) electrons. The van der Waals surface area contributed by atoms with Crippen LogP contribution < -0.4 is 21.7 Å². The van der Waals surface area contributed by atoms with Crippen LogP contribution in [0.5, 0.6) is 0 Å². The van der Waals surface area contributed by atoms with Crippen molar-refractivity contribution in [2.24, 2.45) is 5.92 Å². The molecule has 4 rings (SSSR count). The minimum absolute atomic E-state index is 0.0691. The first-order valence-electron chi connectivity index (χ1n) is 8.83. The van der Waals surface area contributed by atoms with Gasteiger partial charge in [-0.05, 0) is 42.3 Å². The second-order valence-corrected chi connectivity index (χ2v) is 7.57. The van der Waals surface area contributed by atoms with E-state index in [1.165, 1.54) is 11.3 Å². The minimum Gasteiger partial charge on any atom is -0.397 e. The van der Waals surface area contributed by atoms with Crippen LogP contribution in [0.25, 0.3) is 0 Å². The van der Waals surface area contributed by atoms with Crippen molar-refractivity contribution >= 4 is 45.2 Å². The lowest BCUT2D eigenvalue weighted by Gasteiger charge is -2.22. The van der Waals surface area contributed by atoms with E-state index in [1.807, 2.05) is 18.2 Å². The largest absolute Gasteiger partial charge is 0.397 e. The number of hydrogen-bond donors (Lipinski definition) is 4. The SMILES string of the molecule is Nc1ccccc1NC(=O)c1cc2c(s1)NCC(C(=O)Nc1cccnc1)C2. The second kappa shape index (κ2) is 7.69. The molecule has 0 saturated heterocycles. The Hall–Kier alpha value is -3.39. The Balaban J connectivity index is 1.44. The van der Waals surface area contributed by atoms with Crippen LogP contribution >= 0.6 is 11.3 Å². The van der Waals surface area contributed by atoms with Crippen LogP contribution in [0.1, 0.15) is 15.2 Å². The summed E-state index contributed by atoms with van der Waals surface area (Å²) in [5.41, 5.74) is 8.62. The van der Waals surface area contributed by atoms with E-state index in [-0.39, 0.29) is 17.7 Å². The van der Waals surface area contributed by atoms with Crippen LogP contribution in [-0.2, 0) is 11.2 Å². The number of amides is 2. The fourth-order valence-electron chi connectivity index (χ4n) is 3.06. The summed E-state index contributed by atoms with van der Waals surface area (Å²) in [7, 11) is 0. The molecular weight excluding hydrogens is 374 g/mol. The lowest BCUT2D eigenvalue weighted by atomic mass is 9.96. The van der Waals surface area contributed by atoms with Gasteiger partial charge in [0.2, 0.25) is 5.91 Å². The molecule has 0 bridgehead atoms. The molecule has 0 saturated carbocycles. The maximum absolute atomic E-state index is 12.6. The number of carbonyl (C=O) groups excluding carboxylic acids is 2. The molecule has 142 valence electrons. The van der Waals surface area contributed by atoms with E-state index in [0.29, 0.717) is 34.9 Å². The lowest BCUT2D eigenvalue weighted by molar-refractivity contribution is -0.119. The van der Waals surface area contributed by atoms with Gasteiger partial charge in [-0.3, -0.25) is 14.6 Å². The number of pyridine rings is 1. The molecule has 2 aromatic heterocycles.